The van der Waals surface area contributed by atoms with E-state index in [1.165, 1.54) is 11.3 Å². The van der Waals surface area contributed by atoms with Gasteiger partial charge in [0, 0.05) is 36.8 Å². The lowest BCUT2D eigenvalue weighted by atomic mass is 10.2. The molecule has 5 nitrogen and oxygen atoms in total. The van der Waals surface area contributed by atoms with Crippen molar-refractivity contribution in [3.05, 3.63) is 33.2 Å². The minimum atomic E-state index is 0.0139. The van der Waals surface area contributed by atoms with Crippen LogP contribution in [0.5, 0.6) is 0 Å². The van der Waals surface area contributed by atoms with E-state index in [9.17, 15) is 4.79 Å². The quantitative estimate of drug-likeness (QED) is 0.831. The molecule has 2 aromatic heterocycles. The number of rotatable bonds is 2. The summed E-state index contributed by atoms with van der Waals surface area (Å²) in [6, 6.07) is 1.65. The van der Waals surface area contributed by atoms with Crippen LogP contribution in [0.4, 0.5) is 0 Å². The van der Waals surface area contributed by atoms with Gasteiger partial charge in [-0.05, 0) is 13.8 Å². The van der Waals surface area contributed by atoms with Gasteiger partial charge in [-0.1, -0.05) is 0 Å². The molecule has 102 valence electrons. The molecule has 1 saturated heterocycles. The molecule has 0 bridgehead atoms. The number of ether oxygens (including phenoxy) is 1. The predicted molar refractivity (Wildman–Crippen MR) is 74.8 cm³/mol. The highest BCUT2D eigenvalue weighted by molar-refractivity contribution is 7.15. The molecule has 1 fully saturated rings. The molecule has 0 aromatic carbocycles. The number of thiazole rings is 1. The van der Waals surface area contributed by atoms with E-state index in [2.05, 4.69) is 16.8 Å². The van der Waals surface area contributed by atoms with Gasteiger partial charge in [-0.2, -0.15) is 0 Å². The first-order valence-corrected chi connectivity index (χ1v) is 7.32. The Hall–Kier alpha value is -1.24. The molecule has 0 unspecified atom stereocenters. The van der Waals surface area contributed by atoms with Gasteiger partial charge in [-0.3, -0.25) is 14.1 Å². The third kappa shape index (κ3) is 2.56. The molecule has 6 heteroatoms. The molecule has 0 aliphatic carbocycles. The van der Waals surface area contributed by atoms with E-state index < -0.39 is 0 Å². The predicted octanol–water partition coefficient (Wildman–Crippen LogP) is 1.29. The van der Waals surface area contributed by atoms with Crippen LogP contribution in [0.25, 0.3) is 4.96 Å². The summed E-state index contributed by atoms with van der Waals surface area (Å²) in [7, 11) is 0. The first kappa shape index (κ1) is 12.8. The summed E-state index contributed by atoms with van der Waals surface area (Å²) in [5.74, 6) is 0. The Balaban J connectivity index is 1.87. The minimum Gasteiger partial charge on any atom is -0.376 e. The van der Waals surface area contributed by atoms with Crippen LogP contribution in [-0.2, 0) is 11.3 Å². The molecule has 3 heterocycles. The number of nitrogens with zero attached hydrogens (tertiary/aromatic N) is 3. The van der Waals surface area contributed by atoms with Crippen molar-refractivity contribution in [2.24, 2.45) is 0 Å². The Morgan fingerprint density at radius 2 is 2.42 bits per heavy atom. The van der Waals surface area contributed by atoms with Crippen molar-refractivity contribution in [3.63, 3.8) is 0 Å². The van der Waals surface area contributed by atoms with Crippen LogP contribution < -0.4 is 5.56 Å². The highest BCUT2D eigenvalue weighted by Gasteiger charge is 2.17. The summed E-state index contributed by atoms with van der Waals surface area (Å²) >= 11 is 1.51. The number of hydrogen-bond acceptors (Lipinski definition) is 5. The second-order valence-corrected chi connectivity index (χ2v) is 5.83. The van der Waals surface area contributed by atoms with Crippen molar-refractivity contribution in [2.75, 3.05) is 19.7 Å². The molecular formula is C13H17N3O2S. The van der Waals surface area contributed by atoms with Crippen LogP contribution in [-0.4, -0.2) is 40.1 Å². The van der Waals surface area contributed by atoms with Crippen LogP contribution >= 0.6 is 11.3 Å². The number of aromatic nitrogens is 2. The monoisotopic (exact) mass is 279 g/mol. The van der Waals surface area contributed by atoms with Gasteiger partial charge in [-0.25, -0.2) is 4.98 Å². The van der Waals surface area contributed by atoms with Gasteiger partial charge in [0.1, 0.15) is 0 Å². The maximum absolute atomic E-state index is 12.1. The largest absolute Gasteiger partial charge is 0.376 e. The van der Waals surface area contributed by atoms with Crippen molar-refractivity contribution >= 4 is 16.3 Å². The number of fused-ring (bicyclic) bond motifs is 1. The van der Waals surface area contributed by atoms with Crippen LogP contribution in [0.15, 0.2) is 16.2 Å². The van der Waals surface area contributed by atoms with Crippen molar-refractivity contribution < 1.29 is 4.74 Å². The molecule has 0 N–H and O–H groups in total. The van der Waals surface area contributed by atoms with Crippen LogP contribution in [0.1, 0.15) is 18.3 Å². The van der Waals surface area contributed by atoms with Gasteiger partial charge in [0.05, 0.1) is 18.4 Å². The molecule has 0 radical (unpaired) electrons. The molecule has 1 aliphatic heterocycles. The summed E-state index contributed by atoms with van der Waals surface area (Å²) < 4.78 is 7.18. The zero-order valence-corrected chi connectivity index (χ0v) is 11.9. The standard InChI is InChI=1S/C13H17N3O2S/c1-9-8-19-13-14-11(5-12(17)16(9)13)7-15-3-4-18-10(2)6-15/h5,8,10H,3-4,6-7H2,1-2H3/t10-/m0/s1. The average Bonchev–Trinajstić information content (AvgIpc) is 2.71. The fourth-order valence-electron chi connectivity index (χ4n) is 2.45. The number of morpholine rings is 1. The topological polar surface area (TPSA) is 46.8 Å². The van der Waals surface area contributed by atoms with E-state index in [4.69, 9.17) is 4.74 Å². The Kier molecular flexibility index (Phi) is 3.38. The lowest BCUT2D eigenvalue weighted by Crippen LogP contribution is -2.40. The molecule has 0 amide bonds. The zero-order chi connectivity index (χ0) is 13.4. The third-order valence-electron chi connectivity index (χ3n) is 3.34. The molecule has 3 rings (SSSR count). The lowest BCUT2D eigenvalue weighted by Gasteiger charge is -2.30. The van der Waals surface area contributed by atoms with Gasteiger partial charge in [-0.15, -0.1) is 11.3 Å². The molecule has 19 heavy (non-hydrogen) atoms. The normalized spacial score (nSPS) is 21.1. The summed E-state index contributed by atoms with van der Waals surface area (Å²) in [5, 5.41) is 1.96. The molecule has 2 aromatic rings. The highest BCUT2D eigenvalue weighted by Crippen LogP contribution is 2.13. The SMILES string of the molecule is Cc1csc2nc(CN3CCO[C@@H](C)C3)cc(=O)n12. The number of hydrogen-bond donors (Lipinski definition) is 0. The van der Waals surface area contributed by atoms with Crippen molar-refractivity contribution in [3.8, 4) is 0 Å². The first-order valence-electron chi connectivity index (χ1n) is 6.44. The Morgan fingerprint density at radius 1 is 1.58 bits per heavy atom. The fourth-order valence-corrected chi connectivity index (χ4v) is 3.34. The highest BCUT2D eigenvalue weighted by atomic mass is 32.1. The van der Waals surface area contributed by atoms with E-state index in [-0.39, 0.29) is 11.7 Å². The van der Waals surface area contributed by atoms with E-state index in [1.54, 1.807) is 10.5 Å². The van der Waals surface area contributed by atoms with Gasteiger partial charge >= 0.3 is 0 Å². The summed E-state index contributed by atoms with van der Waals surface area (Å²) in [6.45, 7) is 7.26. The Bertz CT molecular complexity index is 649. The summed E-state index contributed by atoms with van der Waals surface area (Å²) in [4.78, 5) is 19.7. The van der Waals surface area contributed by atoms with E-state index in [0.717, 1.165) is 42.6 Å². The second kappa shape index (κ2) is 5.03. The van der Waals surface area contributed by atoms with Crippen molar-refractivity contribution in [1.82, 2.24) is 14.3 Å². The van der Waals surface area contributed by atoms with Crippen LogP contribution in [0.3, 0.4) is 0 Å². The van der Waals surface area contributed by atoms with Crippen LogP contribution in [0.2, 0.25) is 0 Å². The van der Waals surface area contributed by atoms with Gasteiger partial charge < -0.3 is 4.74 Å². The van der Waals surface area contributed by atoms with Crippen molar-refractivity contribution in [1.29, 1.82) is 0 Å². The second-order valence-electron chi connectivity index (χ2n) is 5.00. The molecular weight excluding hydrogens is 262 g/mol. The Labute approximate surface area is 115 Å². The molecule has 0 spiro atoms. The smallest absolute Gasteiger partial charge is 0.259 e. The lowest BCUT2D eigenvalue weighted by molar-refractivity contribution is -0.0215. The number of aryl methyl sites for hydroxylation is 1. The zero-order valence-electron chi connectivity index (χ0n) is 11.1. The maximum atomic E-state index is 12.1. The minimum absolute atomic E-state index is 0.0139. The first-order chi connectivity index (χ1) is 9.13. The maximum Gasteiger partial charge on any atom is 0.259 e. The third-order valence-corrected chi connectivity index (χ3v) is 4.28. The van der Waals surface area contributed by atoms with Crippen LogP contribution in [0, 0.1) is 6.92 Å². The molecule has 0 saturated carbocycles. The average molecular weight is 279 g/mol. The van der Waals surface area contributed by atoms with Gasteiger partial charge in [0.25, 0.3) is 5.56 Å². The Morgan fingerprint density at radius 3 is 3.21 bits per heavy atom. The molecule has 1 aliphatic rings. The van der Waals surface area contributed by atoms with E-state index >= 15 is 0 Å². The van der Waals surface area contributed by atoms with Gasteiger partial charge in [0.15, 0.2) is 4.96 Å². The van der Waals surface area contributed by atoms with Gasteiger partial charge in [0.2, 0.25) is 0 Å². The molecule has 1 atom stereocenters. The fraction of sp³-hybridized carbons (Fsp3) is 0.538. The van der Waals surface area contributed by atoms with Crippen molar-refractivity contribution in [2.45, 2.75) is 26.5 Å². The summed E-state index contributed by atoms with van der Waals surface area (Å²) in [5.41, 5.74) is 1.81. The van der Waals surface area contributed by atoms with E-state index in [1.807, 2.05) is 12.3 Å². The van der Waals surface area contributed by atoms with E-state index in [0.29, 0.717) is 0 Å². The summed E-state index contributed by atoms with van der Waals surface area (Å²) in [6.07, 6.45) is 0.252.